The zero-order valence-electron chi connectivity index (χ0n) is 17.9. The summed E-state index contributed by atoms with van der Waals surface area (Å²) in [5.74, 6) is 2.14. The second-order valence-corrected chi connectivity index (χ2v) is 6.74. The molecule has 0 bridgehead atoms. The summed E-state index contributed by atoms with van der Waals surface area (Å²) in [4.78, 5) is 16.7. The zero-order chi connectivity index (χ0) is 22.1. The Morgan fingerprint density at radius 3 is 2.32 bits per heavy atom. The molecule has 31 heavy (non-hydrogen) atoms. The van der Waals surface area contributed by atoms with Crippen molar-refractivity contribution in [2.24, 2.45) is 0 Å². The zero-order valence-corrected chi connectivity index (χ0v) is 17.9. The monoisotopic (exact) mass is 422 g/mol. The molecule has 7 nitrogen and oxygen atoms in total. The van der Waals surface area contributed by atoms with E-state index in [1.807, 2.05) is 42.5 Å². The van der Waals surface area contributed by atoms with Gasteiger partial charge in [0.25, 0.3) is 0 Å². The molecule has 0 radical (unpaired) electrons. The highest BCUT2D eigenvalue weighted by atomic mass is 16.5. The summed E-state index contributed by atoms with van der Waals surface area (Å²) in [6.07, 6.45) is 1.92. The Morgan fingerprint density at radius 1 is 0.903 bits per heavy atom. The number of ether oxygens (including phenoxy) is 4. The minimum absolute atomic E-state index is 0.117. The molecule has 2 aromatic carbocycles. The number of amides is 1. The molecule has 3 rings (SSSR count). The number of pyridine rings is 1. The minimum Gasteiger partial charge on any atom is -0.493 e. The summed E-state index contributed by atoms with van der Waals surface area (Å²) in [5.41, 5.74) is 2.56. The Morgan fingerprint density at radius 2 is 1.68 bits per heavy atom. The lowest BCUT2D eigenvalue weighted by molar-refractivity contribution is -0.120. The van der Waals surface area contributed by atoms with E-state index in [0.29, 0.717) is 30.4 Å². The third kappa shape index (κ3) is 6.12. The van der Waals surface area contributed by atoms with Gasteiger partial charge in [0.1, 0.15) is 12.4 Å². The van der Waals surface area contributed by atoms with Crippen molar-refractivity contribution in [1.29, 1.82) is 0 Å². The van der Waals surface area contributed by atoms with Gasteiger partial charge in [-0.15, -0.1) is 0 Å². The number of hydrogen-bond acceptors (Lipinski definition) is 6. The van der Waals surface area contributed by atoms with Gasteiger partial charge in [-0.2, -0.15) is 0 Å². The van der Waals surface area contributed by atoms with Gasteiger partial charge < -0.3 is 24.3 Å². The largest absolute Gasteiger partial charge is 0.493 e. The van der Waals surface area contributed by atoms with Crippen LogP contribution in [0.2, 0.25) is 0 Å². The van der Waals surface area contributed by atoms with Crippen LogP contribution >= 0.6 is 0 Å². The SMILES string of the molecule is COc1cc(CC(=O)NCc2cccc(OCc3ccccn3)c2)cc(OC)c1OC. The van der Waals surface area contributed by atoms with Crippen LogP contribution < -0.4 is 24.3 Å². The number of benzene rings is 2. The summed E-state index contributed by atoms with van der Waals surface area (Å²) >= 11 is 0. The van der Waals surface area contributed by atoms with Crippen LogP contribution in [0.15, 0.2) is 60.8 Å². The van der Waals surface area contributed by atoms with Crippen molar-refractivity contribution < 1.29 is 23.7 Å². The summed E-state index contributed by atoms with van der Waals surface area (Å²) in [6.45, 7) is 0.780. The summed E-state index contributed by atoms with van der Waals surface area (Å²) < 4.78 is 21.8. The molecule has 1 amide bonds. The van der Waals surface area contributed by atoms with Crippen LogP contribution in [-0.2, 0) is 24.4 Å². The number of hydrogen-bond donors (Lipinski definition) is 1. The molecular formula is C24H26N2O5. The van der Waals surface area contributed by atoms with Crippen molar-refractivity contribution >= 4 is 5.91 Å². The lowest BCUT2D eigenvalue weighted by Crippen LogP contribution is -2.24. The van der Waals surface area contributed by atoms with E-state index in [2.05, 4.69) is 10.3 Å². The van der Waals surface area contributed by atoms with E-state index in [9.17, 15) is 4.79 Å². The third-order valence-electron chi connectivity index (χ3n) is 4.59. The maximum Gasteiger partial charge on any atom is 0.224 e. The van der Waals surface area contributed by atoms with Crippen LogP contribution in [0.1, 0.15) is 16.8 Å². The third-order valence-corrected chi connectivity index (χ3v) is 4.59. The highest BCUT2D eigenvalue weighted by Gasteiger charge is 2.15. The van der Waals surface area contributed by atoms with Gasteiger partial charge in [0.15, 0.2) is 11.5 Å². The smallest absolute Gasteiger partial charge is 0.224 e. The van der Waals surface area contributed by atoms with Crippen molar-refractivity contribution in [3.05, 3.63) is 77.6 Å². The summed E-state index contributed by atoms with van der Waals surface area (Å²) in [5, 5.41) is 2.93. The van der Waals surface area contributed by atoms with Crippen molar-refractivity contribution in [2.75, 3.05) is 21.3 Å². The average Bonchev–Trinajstić information content (AvgIpc) is 2.81. The average molecular weight is 422 g/mol. The first-order valence-electron chi connectivity index (χ1n) is 9.80. The van der Waals surface area contributed by atoms with E-state index in [0.717, 1.165) is 22.6 Å². The van der Waals surface area contributed by atoms with Crippen LogP contribution in [0.4, 0.5) is 0 Å². The van der Waals surface area contributed by atoms with Crippen LogP contribution in [0.5, 0.6) is 23.0 Å². The summed E-state index contributed by atoms with van der Waals surface area (Å²) in [6, 6.07) is 16.9. The van der Waals surface area contributed by atoms with Gasteiger partial charge in [-0.05, 0) is 47.5 Å². The number of rotatable bonds is 10. The first-order chi connectivity index (χ1) is 15.1. The van der Waals surface area contributed by atoms with Gasteiger partial charge in [-0.1, -0.05) is 18.2 Å². The molecule has 7 heteroatoms. The second-order valence-electron chi connectivity index (χ2n) is 6.74. The molecule has 0 aliphatic carbocycles. The van der Waals surface area contributed by atoms with Gasteiger partial charge >= 0.3 is 0 Å². The Kier molecular flexibility index (Phi) is 7.70. The van der Waals surface area contributed by atoms with Gasteiger partial charge in [-0.25, -0.2) is 0 Å². The van der Waals surface area contributed by atoms with Gasteiger partial charge in [0.05, 0.1) is 33.4 Å². The van der Waals surface area contributed by atoms with E-state index in [-0.39, 0.29) is 12.3 Å². The molecule has 0 aliphatic rings. The fourth-order valence-electron chi connectivity index (χ4n) is 3.07. The standard InChI is InChI=1S/C24H26N2O5/c1-28-21-12-18(13-22(29-2)24(21)30-3)14-23(27)26-15-17-7-6-9-20(11-17)31-16-19-8-4-5-10-25-19/h4-13H,14-16H2,1-3H3,(H,26,27). The molecule has 0 aliphatic heterocycles. The summed E-state index contributed by atoms with van der Waals surface area (Å²) in [7, 11) is 4.63. The van der Waals surface area contributed by atoms with E-state index in [1.165, 1.54) is 0 Å². The molecule has 0 spiro atoms. The van der Waals surface area contributed by atoms with Crippen molar-refractivity contribution in [3.63, 3.8) is 0 Å². The lowest BCUT2D eigenvalue weighted by Gasteiger charge is -2.14. The molecule has 0 saturated carbocycles. The molecule has 0 atom stereocenters. The topological polar surface area (TPSA) is 78.9 Å². The molecular weight excluding hydrogens is 396 g/mol. The maximum atomic E-state index is 12.5. The fraction of sp³-hybridized carbons (Fsp3) is 0.250. The van der Waals surface area contributed by atoms with E-state index in [4.69, 9.17) is 18.9 Å². The molecule has 0 fully saturated rings. The molecule has 0 unspecified atom stereocenters. The Hall–Kier alpha value is -3.74. The molecule has 162 valence electrons. The molecule has 1 heterocycles. The molecule has 1 N–H and O–H groups in total. The van der Waals surface area contributed by atoms with Crippen LogP contribution in [0, 0.1) is 0 Å². The van der Waals surface area contributed by atoms with Gasteiger partial charge in [0.2, 0.25) is 11.7 Å². The van der Waals surface area contributed by atoms with Gasteiger partial charge in [-0.3, -0.25) is 9.78 Å². The highest BCUT2D eigenvalue weighted by Crippen LogP contribution is 2.38. The quantitative estimate of drug-likeness (QED) is 0.538. The predicted octanol–water partition coefficient (Wildman–Crippen LogP) is 3.55. The van der Waals surface area contributed by atoms with E-state index < -0.39 is 0 Å². The number of aromatic nitrogens is 1. The molecule has 0 saturated heterocycles. The first kappa shape index (κ1) is 22.0. The number of nitrogens with one attached hydrogen (secondary N) is 1. The minimum atomic E-state index is -0.117. The normalized spacial score (nSPS) is 10.3. The first-order valence-corrected chi connectivity index (χ1v) is 9.80. The number of carbonyl (C=O) groups excluding carboxylic acids is 1. The van der Waals surface area contributed by atoms with Crippen LogP contribution in [-0.4, -0.2) is 32.2 Å². The van der Waals surface area contributed by atoms with Gasteiger partial charge in [0, 0.05) is 12.7 Å². The predicted molar refractivity (Wildman–Crippen MR) is 117 cm³/mol. The second kappa shape index (κ2) is 10.9. The molecule has 1 aromatic heterocycles. The Balaban J connectivity index is 1.57. The highest BCUT2D eigenvalue weighted by molar-refractivity contribution is 5.79. The maximum absolute atomic E-state index is 12.5. The lowest BCUT2D eigenvalue weighted by atomic mass is 10.1. The van der Waals surface area contributed by atoms with E-state index >= 15 is 0 Å². The molecule has 3 aromatic rings. The number of methoxy groups -OCH3 is 3. The Labute approximate surface area is 181 Å². The number of nitrogens with zero attached hydrogens (tertiary/aromatic N) is 1. The Bertz CT molecular complexity index is 983. The van der Waals surface area contributed by atoms with Crippen molar-refractivity contribution in [2.45, 2.75) is 19.6 Å². The van der Waals surface area contributed by atoms with E-state index in [1.54, 1.807) is 39.7 Å². The van der Waals surface area contributed by atoms with Crippen molar-refractivity contribution in [1.82, 2.24) is 10.3 Å². The number of carbonyl (C=O) groups is 1. The van der Waals surface area contributed by atoms with Crippen molar-refractivity contribution in [3.8, 4) is 23.0 Å². The van der Waals surface area contributed by atoms with Crippen LogP contribution in [0.3, 0.4) is 0 Å². The fourth-order valence-corrected chi connectivity index (χ4v) is 3.07. The van der Waals surface area contributed by atoms with Crippen LogP contribution in [0.25, 0.3) is 0 Å².